The SMILES string of the molecule is COC(=O)c1ccc(NC(=O)NCc2cnn(C)c2)c(C)c1. The number of nitrogens with one attached hydrogen (secondary N) is 2. The molecule has 7 heteroatoms. The van der Waals surface area contributed by atoms with Gasteiger partial charge in [-0.15, -0.1) is 0 Å². The topological polar surface area (TPSA) is 85.2 Å². The van der Waals surface area contributed by atoms with Gasteiger partial charge in [0.05, 0.1) is 18.9 Å². The van der Waals surface area contributed by atoms with Gasteiger partial charge in [0.2, 0.25) is 0 Å². The van der Waals surface area contributed by atoms with E-state index in [1.165, 1.54) is 7.11 Å². The van der Waals surface area contributed by atoms with E-state index in [0.717, 1.165) is 11.1 Å². The van der Waals surface area contributed by atoms with Crippen LogP contribution in [0, 0.1) is 6.92 Å². The van der Waals surface area contributed by atoms with Crippen molar-refractivity contribution in [3.05, 3.63) is 47.3 Å². The van der Waals surface area contributed by atoms with E-state index in [1.54, 1.807) is 29.1 Å². The zero-order chi connectivity index (χ0) is 16.1. The molecule has 2 aromatic rings. The van der Waals surface area contributed by atoms with Gasteiger partial charge in [-0.05, 0) is 30.7 Å². The van der Waals surface area contributed by atoms with E-state index in [0.29, 0.717) is 17.8 Å². The van der Waals surface area contributed by atoms with E-state index < -0.39 is 5.97 Å². The number of carbonyl (C=O) groups excluding carboxylic acids is 2. The number of aromatic nitrogens is 2. The molecule has 0 unspecified atom stereocenters. The summed E-state index contributed by atoms with van der Waals surface area (Å²) in [5.74, 6) is -0.407. The predicted molar refractivity (Wildman–Crippen MR) is 81.6 cm³/mol. The van der Waals surface area contributed by atoms with Gasteiger partial charge in [-0.1, -0.05) is 0 Å². The quantitative estimate of drug-likeness (QED) is 0.844. The molecule has 0 bridgehead atoms. The second kappa shape index (κ2) is 6.75. The molecule has 1 aromatic heterocycles. The molecule has 0 fully saturated rings. The number of rotatable bonds is 4. The highest BCUT2D eigenvalue weighted by Crippen LogP contribution is 2.17. The number of aryl methyl sites for hydroxylation is 2. The van der Waals surface area contributed by atoms with E-state index in [1.807, 2.05) is 20.2 Å². The Bertz CT molecular complexity index is 694. The van der Waals surface area contributed by atoms with Gasteiger partial charge in [0, 0.05) is 31.0 Å². The van der Waals surface area contributed by atoms with Crippen molar-refractivity contribution in [2.45, 2.75) is 13.5 Å². The Morgan fingerprint density at radius 2 is 2.14 bits per heavy atom. The van der Waals surface area contributed by atoms with Crippen molar-refractivity contribution in [3.63, 3.8) is 0 Å². The van der Waals surface area contributed by atoms with Crippen LogP contribution in [0.5, 0.6) is 0 Å². The number of anilines is 1. The molecule has 1 heterocycles. The molecule has 2 N–H and O–H groups in total. The summed E-state index contributed by atoms with van der Waals surface area (Å²) in [6.45, 7) is 2.20. The van der Waals surface area contributed by atoms with Crippen LogP contribution in [0.25, 0.3) is 0 Å². The number of ether oxygens (including phenoxy) is 1. The van der Waals surface area contributed by atoms with Crippen molar-refractivity contribution < 1.29 is 14.3 Å². The van der Waals surface area contributed by atoms with Crippen LogP contribution in [0.15, 0.2) is 30.6 Å². The molecule has 2 rings (SSSR count). The molecule has 0 aliphatic rings. The van der Waals surface area contributed by atoms with Crippen LogP contribution in [-0.4, -0.2) is 28.9 Å². The lowest BCUT2D eigenvalue weighted by molar-refractivity contribution is 0.0600. The van der Waals surface area contributed by atoms with E-state index in [2.05, 4.69) is 20.5 Å². The summed E-state index contributed by atoms with van der Waals surface area (Å²) in [5, 5.41) is 9.51. The summed E-state index contributed by atoms with van der Waals surface area (Å²) in [6, 6.07) is 4.63. The summed E-state index contributed by atoms with van der Waals surface area (Å²) >= 11 is 0. The first-order chi connectivity index (χ1) is 10.5. The van der Waals surface area contributed by atoms with Crippen LogP contribution in [0.2, 0.25) is 0 Å². The fourth-order valence-corrected chi connectivity index (χ4v) is 1.96. The van der Waals surface area contributed by atoms with Crippen LogP contribution in [0.3, 0.4) is 0 Å². The maximum absolute atomic E-state index is 11.9. The number of hydrogen-bond donors (Lipinski definition) is 2. The molecule has 0 spiro atoms. The number of benzene rings is 1. The standard InChI is InChI=1S/C15H18N4O3/c1-10-6-12(14(20)22-3)4-5-13(10)18-15(21)16-7-11-8-17-19(2)9-11/h4-6,8-9H,7H2,1-3H3,(H2,16,18,21). The van der Waals surface area contributed by atoms with Crippen molar-refractivity contribution in [1.82, 2.24) is 15.1 Å². The minimum absolute atomic E-state index is 0.322. The summed E-state index contributed by atoms with van der Waals surface area (Å²) in [6.07, 6.45) is 3.52. The maximum Gasteiger partial charge on any atom is 0.337 e. The van der Waals surface area contributed by atoms with Gasteiger partial charge in [-0.25, -0.2) is 9.59 Å². The Hall–Kier alpha value is -2.83. The maximum atomic E-state index is 11.9. The van der Waals surface area contributed by atoms with Gasteiger partial charge in [-0.2, -0.15) is 5.10 Å². The van der Waals surface area contributed by atoms with Crippen LogP contribution >= 0.6 is 0 Å². The van der Waals surface area contributed by atoms with E-state index in [4.69, 9.17) is 0 Å². The van der Waals surface area contributed by atoms with Gasteiger partial charge in [0.15, 0.2) is 0 Å². The first-order valence-electron chi connectivity index (χ1n) is 6.71. The normalized spacial score (nSPS) is 10.1. The molecule has 0 saturated carbocycles. The van der Waals surface area contributed by atoms with Gasteiger partial charge < -0.3 is 15.4 Å². The lowest BCUT2D eigenvalue weighted by Gasteiger charge is -2.10. The molecular weight excluding hydrogens is 284 g/mol. The molecule has 1 aromatic carbocycles. The Labute approximate surface area is 128 Å². The zero-order valence-corrected chi connectivity index (χ0v) is 12.7. The van der Waals surface area contributed by atoms with Gasteiger partial charge >= 0.3 is 12.0 Å². The monoisotopic (exact) mass is 302 g/mol. The van der Waals surface area contributed by atoms with Crippen LogP contribution in [0.1, 0.15) is 21.5 Å². The minimum Gasteiger partial charge on any atom is -0.465 e. The van der Waals surface area contributed by atoms with Crippen LogP contribution in [0.4, 0.5) is 10.5 Å². The zero-order valence-electron chi connectivity index (χ0n) is 12.7. The summed E-state index contributed by atoms with van der Waals surface area (Å²) in [5.41, 5.74) is 2.77. The number of methoxy groups -OCH3 is 1. The van der Waals surface area contributed by atoms with Crippen LogP contribution in [-0.2, 0) is 18.3 Å². The largest absolute Gasteiger partial charge is 0.465 e. The Morgan fingerprint density at radius 3 is 2.73 bits per heavy atom. The second-order valence-electron chi connectivity index (χ2n) is 4.85. The highest BCUT2D eigenvalue weighted by molar-refractivity contribution is 5.93. The fraction of sp³-hybridized carbons (Fsp3) is 0.267. The molecule has 0 aliphatic heterocycles. The summed E-state index contributed by atoms with van der Waals surface area (Å²) < 4.78 is 6.33. The third kappa shape index (κ3) is 3.85. The molecule has 0 atom stereocenters. The van der Waals surface area contributed by atoms with Gasteiger partial charge in [-0.3, -0.25) is 4.68 Å². The van der Waals surface area contributed by atoms with E-state index in [-0.39, 0.29) is 6.03 Å². The molecule has 22 heavy (non-hydrogen) atoms. The molecule has 7 nitrogen and oxygen atoms in total. The summed E-state index contributed by atoms with van der Waals surface area (Å²) in [7, 11) is 3.14. The van der Waals surface area contributed by atoms with E-state index >= 15 is 0 Å². The van der Waals surface area contributed by atoms with Gasteiger partial charge in [0.1, 0.15) is 0 Å². The fourth-order valence-electron chi connectivity index (χ4n) is 1.96. The first-order valence-corrected chi connectivity index (χ1v) is 6.71. The van der Waals surface area contributed by atoms with Crippen molar-refractivity contribution in [2.75, 3.05) is 12.4 Å². The van der Waals surface area contributed by atoms with Crippen molar-refractivity contribution >= 4 is 17.7 Å². The average Bonchev–Trinajstić information content (AvgIpc) is 2.92. The molecular formula is C15H18N4O3. The average molecular weight is 302 g/mol. The lowest BCUT2D eigenvalue weighted by atomic mass is 10.1. The Balaban J connectivity index is 1.95. The van der Waals surface area contributed by atoms with Crippen molar-refractivity contribution in [2.24, 2.45) is 7.05 Å². The minimum atomic E-state index is -0.407. The third-order valence-corrected chi connectivity index (χ3v) is 3.11. The number of esters is 1. The predicted octanol–water partition coefficient (Wildman–Crippen LogP) is 1.84. The molecule has 2 amide bonds. The molecule has 116 valence electrons. The number of carbonyl (C=O) groups is 2. The summed E-state index contributed by atoms with van der Waals surface area (Å²) in [4.78, 5) is 23.3. The van der Waals surface area contributed by atoms with Gasteiger partial charge in [0.25, 0.3) is 0 Å². The number of nitrogens with zero attached hydrogens (tertiary/aromatic N) is 2. The molecule has 0 aliphatic carbocycles. The number of urea groups is 1. The number of amides is 2. The Morgan fingerprint density at radius 1 is 1.36 bits per heavy atom. The lowest BCUT2D eigenvalue weighted by Crippen LogP contribution is -2.28. The highest BCUT2D eigenvalue weighted by atomic mass is 16.5. The highest BCUT2D eigenvalue weighted by Gasteiger charge is 2.09. The Kier molecular flexibility index (Phi) is 4.77. The first kappa shape index (κ1) is 15.6. The molecule has 0 saturated heterocycles. The van der Waals surface area contributed by atoms with Crippen molar-refractivity contribution in [1.29, 1.82) is 0 Å². The van der Waals surface area contributed by atoms with E-state index in [9.17, 15) is 9.59 Å². The second-order valence-corrected chi connectivity index (χ2v) is 4.85. The smallest absolute Gasteiger partial charge is 0.337 e. The van der Waals surface area contributed by atoms with Crippen molar-refractivity contribution in [3.8, 4) is 0 Å². The number of hydrogen-bond acceptors (Lipinski definition) is 4. The van der Waals surface area contributed by atoms with Crippen LogP contribution < -0.4 is 10.6 Å². The third-order valence-electron chi connectivity index (χ3n) is 3.11. The molecule has 0 radical (unpaired) electrons.